The van der Waals surface area contributed by atoms with Crippen molar-refractivity contribution < 1.29 is 9.53 Å². The van der Waals surface area contributed by atoms with Gasteiger partial charge in [-0.3, -0.25) is 4.79 Å². The fraction of sp³-hybridized carbons (Fsp3) is 0.895. The molecule has 3 unspecified atom stereocenters. The van der Waals surface area contributed by atoms with E-state index in [4.69, 9.17) is 4.74 Å². The quantitative estimate of drug-likeness (QED) is 0.361. The molecular formula is C19H37IN4O2. The molecule has 6 nitrogen and oxygen atoms in total. The van der Waals surface area contributed by atoms with Crippen LogP contribution in [0.3, 0.4) is 0 Å². The molecule has 2 fully saturated rings. The number of hydrogen-bond donors (Lipinski definition) is 1. The number of guanidine groups is 1. The molecule has 2 rings (SSSR count). The maximum Gasteiger partial charge on any atom is 0.243 e. The van der Waals surface area contributed by atoms with Gasteiger partial charge in [-0.1, -0.05) is 19.8 Å². The Morgan fingerprint density at radius 3 is 2.65 bits per heavy atom. The van der Waals surface area contributed by atoms with Gasteiger partial charge in [-0.25, -0.2) is 4.99 Å². The summed E-state index contributed by atoms with van der Waals surface area (Å²) in [6.07, 6.45) is 6.19. The summed E-state index contributed by atoms with van der Waals surface area (Å²) in [5, 5.41) is 3.68. The fourth-order valence-corrected chi connectivity index (χ4v) is 3.66. The average Bonchev–Trinajstić information content (AvgIpc) is 3.06. The number of carbonyl (C=O) groups excluding carboxylic acids is 1. The molecule has 7 heteroatoms. The minimum absolute atomic E-state index is 0. The van der Waals surface area contributed by atoms with Gasteiger partial charge in [0.15, 0.2) is 5.96 Å². The molecule has 0 aromatic heterocycles. The van der Waals surface area contributed by atoms with Crippen LogP contribution in [0.5, 0.6) is 0 Å². The van der Waals surface area contributed by atoms with Gasteiger partial charge in [-0.2, -0.15) is 0 Å². The number of likely N-dealkylation sites (tertiary alicyclic amines) is 1. The lowest BCUT2D eigenvalue weighted by Crippen LogP contribution is -2.48. The Kier molecular flexibility index (Phi) is 10.8. The van der Waals surface area contributed by atoms with E-state index in [0.29, 0.717) is 17.9 Å². The minimum Gasteiger partial charge on any atom is -0.381 e. The minimum atomic E-state index is 0. The summed E-state index contributed by atoms with van der Waals surface area (Å²) in [7, 11) is 3.56. The van der Waals surface area contributed by atoms with E-state index in [1.165, 1.54) is 25.7 Å². The molecule has 0 aromatic carbocycles. The standard InChI is InChI=1S/C19H36N4O2.HI/c1-5-25-14-16-10-11-23(13-16)19(20-12-18(24)22(3)4)21-17-9-7-6-8-15(17)2;/h15-17H,5-14H2,1-4H3,(H,20,21);1H. The van der Waals surface area contributed by atoms with Gasteiger partial charge >= 0.3 is 0 Å². The summed E-state index contributed by atoms with van der Waals surface area (Å²) in [4.78, 5) is 20.6. The van der Waals surface area contributed by atoms with E-state index in [1.54, 1.807) is 19.0 Å². The van der Waals surface area contributed by atoms with Crippen LogP contribution in [0.15, 0.2) is 4.99 Å². The molecule has 1 N–H and O–H groups in total. The smallest absolute Gasteiger partial charge is 0.243 e. The number of likely N-dealkylation sites (N-methyl/N-ethyl adjacent to an activating group) is 1. The third kappa shape index (κ3) is 7.21. The van der Waals surface area contributed by atoms with Crippen molar-refractivity contribution in [2.24, 2.45) is 16.8 Å². The van der Waals surface area contributed by atoms with Crippen LogP contribution in [-0.4, -0.2) is 74.7 Å². The van der Waals surface area contributed by atoms with Gasteiger partial charge < -0.3 is 19.9 Å². The molecule has 0 radical (unpaired) electrons. The van der Waals surface area contributed by atoms with Gasteiger partial charge in [0, 0.05) is 45.8 Å². The van der Waals surface area contributed by atoms with Gasteiger partial charge in [0.2, 0.25) is 5.91 Å². The number of halogens is 1. The van der Waals surface area contributed by atoms with Crippen molar-refractivity contribution >= 4 is 35.8 Å². The van der Waals surface area contributed by atoms with E-state index in [2.05, 4.69) is 22.1 Å². The Morgan fingerprint density at radius 1 is 1.27 bits per heavy atom. The summed E-state index contributed by atoms with van der Waals surface area (Å²) in [5.41, 5.74) is 0. The Labute approximate surface area is 176 Å². The first-order valence-corrected chi connectivity index (χ1v) is 9.85. The van der Waals surface area contributed by atoms with Crippen molar-refractivity contribution in [2.75, 3.05) is 46.9 Å². The largest absolute Gasteiger partial charge is 0.381 e. The molecule has 26 heavy (non-hydrogen) atoms. The SMILES string of the molecule is CCOCC1CCN(C(=NCC(=O)N(C)C)NC2CCCCC2C)C1.I. The summed E-state index contributed by atoms with van der Waals surface area (Å²) < 4.78 is 5.59. The molecule has 152 valence electrons. The number of rotatable bonds is 6. The van der Waals surface area contributed by atoms with E-state index >= 15 is 0 Å². The van der Waals surface area contributed by atoms with Crippen LogP contribution >= 0.6 is 24.0 Å². The maximum atomic E-state index is 12.0. The Morgan fingerprint density at radius 2 is 2.00 bits per heavy atom. The van der Waals surface area contributed by atoms with Crippen molar-refractivity contribution in [1.82, 2.24) is 15.1 Å². The highest BCUT2D eigenvalue weighted by Crippen LogP contribution is 2.24. The first-order chi connectivity index (χ1) is 12.0. The van der Waals surface area contributed by atoms with Crippen LogP contribution in [0.1, 0.15) is 46.0 Å². The highest BCUT2D eigenvalue weighted by molar-refractivity contribution is 14.0. The van der Waals surface area contributed by atoms with E-state index < -0.39 is 0 Å². The normalized spacial score (nSPS) is 26.4. The number of nitrogens with one attached hydrogen (secondary N) is 1. The zero-order chi connectivity index (χ0) is 18.2. The molecule has 1 aliphatic heterocycles. The van der Waals surface area contributed by atoms with Crippen LogP contribution < -0.4 is 5.32 Å². The van der Waals surface area contributed by atoms with Crippen LogP contribution in [0, 0.1) is 11.8 Å². The zero-order valence-corrected chi connectivity index (χ0v) is 19.2. The molecular weight excluding hydrogens is 443 g/mol. The van der Waals surface area contributed by atoms with Crippen LogP contribution in [0.25, 0.3) is 0 Å². The summed E-state index contributed by atoms with van der Waals surface area (Å²) >= 11 is 0. The van der Waals surface area contributed by atoms with Crippen molar-refractivity contribution in [3.8, 4) is 0 Å². The van der Waals surface area contributed by atoms with Crippen LogP contribution in [-0.2, 0) is 9.53 Å². The second-order valence-corrected chi connectivity index (χ2v) is 7.70. The molecule has 1 saturated carbocycles. The molecule has 0 aromatic rings. The number of carbonyl (C=O) groups is 1. The monoisotopic (exact) mass is 480 g/mol. The first-order valence-electron chi connectivity index (χ1n) is 9.85. The highest BCUT2D eigenvalue weighted by Gasteiger charge is 2.28. The third-order valence-corrected chi connectivity index (χ3v) is 5.43. The number of nitrogens with zero attached hydrogens (tertiary/aromatic N) is 3. The average molecular weight is 480 g/mol. The summed E-state index contributed by atoms with van der Waals surface area (Å²) in [6, 6.07) is 0.466. The molecule has 1 heterocycles. The molecule has 1 aliphatic carbocycles. The van der Waals surface area contributed by atoms with E-state index in [9.17, 15) is 4.79 Å². The summed E-state index contributed by atoms with van der Waals surface area (Å²) in [6.45, 7) is 8.11. The van der Waals surface area contributed by atoms with Crippen molar-refractivity contribution in [1.29, 1.82) is 0 Å². The van der Waals surface area contributed by atoms with E-state index in [0.717, 1.165) is 38.7 Å². The van der Waals surface area contributed by atoms with Gasteiger partial charge in [-0.05, 0) is 32.1 Å². The number of aliphatic imine (C=N–C) groups is 1. The molecule has 1 saturated heterocycles. The number of ether oxygens (including phenoxy) is 1. The van der Waals surface area contributed by atoms with Crippen LogP contribution in [0.4, 0.5) is 0 Å². The third-order valence-electron chi connectivity index (χ3n) is 5.43. The van der Waals surface area contributed by atoms with Gasteiger partial charge in [0.05, 0.1) is 6.61 Å². The van der Waals surface area contributed by atoms with Gasteiger partial charge in [0.25, 0.3) is 0 Å². The Bertz CT molecular complexity index is 459. The van der Waals surface area contributed by atoms with Gasteiger partial charge in [-0.15, -0.1) is 24.0 Å². The molecule has 3 atom stereocenters. The van der Waals surface area contributed by atoms with E-state index in [1.807, 2.05) is 6.92 Å². The molecule has 0 bridgehead atoms. The highest BCUT2D eigenvalue weighted by atomic mass is 127. The Hall–Kier alpha value is -0.570. The molecule has 1 amide bonds. The van der Waals surface area contributed by atoms with Crippen molar-refractivity contribution in [3.63, 3.8) is 0 Å². The topological polar surface area (TPSA) is 57.2 Å². The first kappa shape index (κ1) is 23.5. The van der Waals surface area contributed by atoms with Crippen LogP contribution in [0.2, 0.25) is 0 Å². The zero-order valence-electron chi connectivity index (χ0n) is 16.9. The second kappa shape index (κ2) is 12.0. The van der Waals surface area contributed by atoms with Crippen molar-refractivity contribution in [2.45, 2.75) is 52.0 Å². The lowest BCUT2D eigenvalue weighted by Gasteiger charge is -2.33. The predicted octanol–water partition coefficient (Wildman–Crippen LogP) is 2.58. The molecule has 2 aliphatic rings. The van der Waals surface area contributed by atoms with Crippen molar-refractivity contribution in [3.05, 3.63) is 0 Å². The lowest BCUT2D eigenvalue weighted by atomic mass is 9.86. The van der Waals surface area contributed by atoms with E-state index in [-0.39, 0.29) is 36.4 Å². The number of amides is 1. The predicted molar refractivity (Wildman–Crippen MR) is 117 cm³/mol. The summed E-state index contributed by atoms with van der Waals surface area (Å²) in [5.74, 6) is 2.17. The Balaban J connectivity index is 0.00000338. The van der Waals surface area contributed by atoms with Gasteiger partial charge in [0.1, 0.15) is 6.54 Å². The molecule has 0 spiro atoms. The number of hydrogen-bond acceptors (Lipinski definition) is 3. The second-order valence-electron chi connectivity index (χ2n) is 7.70. The maximum absolute atomic E-state index is 12.0. The lowest BCUT2D eigenvalue weighted by molar-refractivity contribution is -0.127. The fourth-order valence-electron chi connectivity index (χ4n) is 3.66.